The van der Waals surface area contributed by atoms with Crippen molar-refractivity contribution in [2.75, 3.05) is 44.6 Å². The predicted octanol–water partition coefficient (Wildman–Crippen LogP) is 4.10. The van der Waals surface area contributed by atoms with Crippen LogP contribution in [0.1, 0.15) is 75.0 Å². The molecule has 3 aromatic heterocycles. The molecule has 0 unspecified atom stereocenters. The molecule has 248 valence electrons. The van der Waals surface area contributed by atoms with Crippen molar-refractivity contribution < 1.29 is 19.1 Å². The Hall–Kier alpha value is -4.03. The lowest BCUT2D eigenvalue weighted by atomic mass is 10.0. The molecule has 0 aliphatic carbocycles. The van der Waals surface area contributed by atoms with Crippen LogP contribution >= 0.6 is 0 Å². The van der Waals surface area contributed by atoms with E-state index in [1.807, 2.05) is 57.0 Å². The maximum Gasteiger partial charge on any atom is 0.410 e. The molecule has 0 spiro atoms. The molecule has 0 bridgehead atoms. The Kier molecular flexibility index (Phi) is 10.9. The van der Waals surface area contributed by atoms with Crippen LogP contribution in [0.15, 0.2) is 41.5 Å². The van der Waals surface area contributed by atoms with Gasteiger partial charge in [0.15, 0.2) is 0 Å². The molecule has 0 radical (unpaired) electrons. The maximum absolute atomic E-state index is 13.1. The zero-order chi connectivity index (χ0) is 32.7. The number of pyridine rings is 3. The predicted molar refractivity (Wildman–Crippen MR) is 177 cm³/mol. The number of hydrogen-bond donors (Lipinski definition) is 3. The number of piperidine rings is 2. The Balaban J connectivity index is 0.982. The molecule has 46 heavy (non-hydrogen) atoms. The highest BCUT2D eigenvalue weighted by Gasteiger charge is 2.30. The molecule has 0 saturated carbocycles. The van der Waals surface area contributed by atoms with Gasteiger partial charge in [-0.3, -0.25) is 14.6 Å². The van der Waals surface area contributed by atoms with Crippen LogP contribution in [0.25, 0.3) is 11.0 Å². The molecule has 3 aromatic rings. The molecule has 12 heteroatoms. The van der Waals surface area contributed by atoms with Crippen molar-refractivity contribution in [3.05, 3.63) is 63.8 Å². The summed E-state index contributed by atoms with van der Waals surface area (Å²) in [7, 11) is 0. The van der Waals surface area contributed by atoms with E-state index < -0.39 is 5.60 Å². The van der Waals surface area contributed by atoms with Gasteiger partial charge in [0.25, 0.3) is 11.5 Å². The number of carbonyl (C=O) groups is 2. The van der Waals surface area contributed by atoms with E-state index in [0.29, 0.717) is 57.9 Å². The summed E-state index contributed by atoms with van der Waals surface area (Å²) in [5.41, 5.74) is 3.99. The molecule has 3 N–H and O–H groups in total. The molecule has 0 atom stereocenters. The fourth-order valence-corrected chi connectivity index (χ4v) is 5.81. The van der Waals surface area contributed by atoms with E-state index in [-0.39, 0.29) is 29.8 Å². The number of ether oxygens (including phenoxy) is 2. The van der Waals surface area contributed by atoms with E-state index >= 15 is 0 Å². The van der Waals surface area contributed by atoms with Gasteiger partial charge in [0, 0.05) is 57.6 Å². The van der Waals surface area contributed by atoms with E-state index in [1.54, 1.807) is 17.2 Å². The number of carbonyl (C=O) groups excluding carboxylic acids is 2. The first-order valence-corrected chi connectivity index (χ1v) is 16.4. The molecule has 2 saturated heterocycles. The van der Waals surface area contributed by atoms with Gasteiger partial charge in [0.1, 0.15) is 11.3 Å². The highest BCUT2D eigenvalue weighted by molar-refractivity contribution is 5.92. The van der Waals surface area contributed by atoms with Crippen LogP contribution in [-0.4, -0.2) is 93.8 Å². The van der Waals surface area contributed by atoms with Crippen molar-refractivity contribution in [1.82, 2.24) is 30.1 Å². The zero-order valence-electron chi connectivity index (χ0n) is 27.4. The number of nitrogens with zero attached hydrogens (tertiary/aromatic N) is 4. The minimum Gasteiger partial charge on any atom is -0.444 e. The van der Waals surface area contributed by atoms with E-state index in [9.17, 15) is 14.4 Å². The molecule has 5 heterocycles. The third kappa shape index (κ3) is 9.03. The van der Waals surface area contributed by atoms with Crippen molar-refractivity contribution in [2.24, 2.45) is 0 Å². The van der Waals surface area contributed by atoms with Crippen LogP contribution in [0.5, 0.6) is 0 Å². The first-order chi connectivity index (χ1) is 22.1. The number of aryl methyl sites for hydroxylation is 1. The smallest absolute Gasteiger partial charge is 0.410 e. The largest absolute Gasteiger partial charge is 0.444 e. The fraction of sp³-hybridized carbons (Fsp3) is 0.559. The highest BCUT2D eigenvalue weighted by Crippen LogP contribution is 2.23. The van der Waals surface area contributed by atoms with Crippen molar-refractivity contribution in [1.29, 1.82) is 0 Å². The second kappa shape index (κ2) is 15.0. The van der Waals surface area contributed by atoms with Crippen LogP contribution in [-0.2, 0) is 22.4 Å². The number of anilines is 1. The number of likely N-dealkylation sites (tertiary alicyclic amines) is 2. The van der Waals surface area contributed by atoms with E-state index in [4.69, 9.17) is 9.47 Å². The van der Waals surface area contributed by atoms with Crippen molar-refractivity contribution >= 4 is 28.7 Å². The maximum atomic E-state index is 13.1. The van der Waals surface area contributed by atoms with Crippen LogP contribution < -0.4 is 16.2 Å². The first kappa shape index (κ1) is 33.3. The summed E-state index contributed by atoms with van der Waals surface area (Å²) in [5.74, 6) is -0.0615. The molecular formula is C34H47N7O5. The molecule has 0 aromatic carbocycles. The first-order valence-electron chi connectivity index (χ1n) is 16.4. The summed E-state index contributed by atoms with van der Waals surface area (Å²) in [6.07, 6.45) is 7.35. The number of aromatic nitrogens is 3. The van der Waals surface area contributed by atoms with Crippen LogP contribution in [0.4, 0.5) is 10.5 Å². The second-order valence-electron chi connectivity index (χ2n) is 13.1. The highest BCUT2D eigenvalue weighted by atomic mass is 16.6. The number of H-pyrrole nitrogens is 1. The molecule has 2 amide bonds. The zero-order valence-corrected chi connectivity index (χ0v) is 27.4. The van der Waals surface area contributed by atoms with Gasteiger partial charge < -0.3 is 34.9 Å². The Morgan fingerprint density at radius 3 is 2.28 bits per heavy atom. The van der Waals surface area contributed by atoms with Gasteiger partial charge in [-0.1, -0.05) is 6.92 Å². The Bertz CT molecular complexity index is 1540. The van der Waals surface area contributed by atoms with E-state index in [1.165, 1.54) is 0 Å². The molecular weight excluding hydrogens is 586 g/mol. The summed E-state index contributed by atoms with van der Waals surface area (Å²) in [5, 5.41) is 6.71. The Labute approximate surface area is 270 Å². The van der Waals surface area contributed by atoms with E-state index in [2.05, 4.69) is 25.6 Å². The van der Waals surface area contributed by atoms with Crippen molar-refractivity contribution in [3.8, 4) is 0 Å². The average Bonchev–Trinajstić information content (AvgIpc) is 3.04. The summed E-state index contributed by atoms with van der Waals surface area (Å²) in [6, 6.07) is 7.46. The standard InChI is InChI=1S/C34H47N7O5/c1-5-24-19-29-30(39-31(24)42)18-23(21-37-29)20-35-12-13-36-25-6-7-28(38-22-25)32(43)40-14-8-26(9-15-40)45-27-10-16-41(17-11-27)33(44)46-34(2,3)4/h6-7,18-19,21-22,26-27,35-36H,5,8-17,20H2,1-4H3,(H,39,42). The summed E-state index contributed by atoms with van der Waals surface area (Å²) in [6.45, 7) is 12.2. The van der Waals surface area contributed by atoms with Crippen LogP contribution in [0.2, 0.25) is 0 Å². The number of nitrogens with one attached hydrogen (secondary N) is 3. The SMILES string of the molecule is CCc1cc2ncc(CNCCNc3ccc(C(=O)N4CCC(OC5CCN(C(=O)OC(C)(C)C)CC5)CC4)nc3)cc2[nH]c1=O. The second-order valence-corrected chi connectivity index (χ2v) is 13.1. The number of rotatable bonds is 10. The third-order valence-corrected chi connectivity index (χ3v) is 8.36. The van der Waals surface area contributed by atoms with Gasteiger partial charge in [-0.25, -0.2) is 9.78 Å². The Morgan fingerprint density at radius 1 is 0.957 bits per heavy atom. The minimum absolute atomic E-state index is 0.0615. The lowest BCUT2D eigenvalue weighted by Crippen LogP contribution is -2.46. The van der Waals surface area contributed by atoms with Gasteiger partial charge >= 0.3 is 6.09 Å². The quantitative estimate of drug-likeness (QED) is 0.281. The average molecular weight is 634 g/mol. The van der Waals surface area contributed by atoms with Crippen molar-refractivity contribution in [2.45, 2.75) is 84.2 Å². The molecule has 2 aliphatic rings. The van der Waals surface area contributed by atoms with Gasteiger partial charge in [-0.05, 0) is 82.7 Å². The number of amides is 2. The molecule has 2 aliphatic heterocycles. The minimum atomic E-state index is -0.494. The fourth-order valence-electron chi connectivity index (χ4n) is 5.81. The number of fused-ring (bicyclic) bond motifs is 1. The molecule has 2 fully saturated rings. The summed E-state index contributed by atoms with van der Waals surface area (Å²) < 4.78 is 11.8. The van der Waals surface area contributed by atoms with Crippen LogP contribution in [0.3, 0.4) is 0 Å². The summed E-state index contributed by atoms with van der Waals surface area (Å²) >= 11 is 0. The summed E-state index contributed by atoms with van der Waals surface area (Å²) in [4.78, 5) is 53.0. The van der Waals surface area contributed by atoms with Gasteiger partial charge in [0.05, 0.1) is 35.1 Å². The number of hydrogen-bond acceptors (Lipinski definition) is 9. The van der Waals surface area contributed by atoms with Gasteiger partial charge in [0.2, 0.25) is 0 Å². The topological polar surface area (TPSA) is 142 Å². The van der Waals surface area contributed by atoms with Crippen molar-refractivity contribution in [3.63, 3.8) is 0 Å². The van der Waals surface area contributed by atoms with E-state index in [0.717, 1.165) is 53.5 Å². The van der Waals surface area contributed by atoms with Gasteiger partial charge in [-0.15, -0.1) is 0 Å². The normalized spacial score (nSPS) is 16.5. The monoisotopic (exact) mass is 633 g/mol. The van der Waals surface area contributed by atoms with Crippen LogP contribution in [0, 0.1) is 0 Å². The lowest BCUT2D eigenvalue weighted by Gasteiger charge is -2.37. The third-order valence-electron chi connectivity index (χ3n) is 8.36. The van der Waals surface area contributed by atoms with Gasteiger partial charge in [-0.2, -0.15) is 0 Å². The Morgan fingerprint density at radius 2 is 1.65 bits per heavy atom. The number of aromatic amines is 1. The molecule has 5 rings (SSSR count). The lowest BCUT2D eigenvalue weighted by molar-refractivity contribution is -0.0636. The molecule has 12 nitrogen and oxygen atoms in total.